The number of fused-ring (bicyclic) bond motifs is 1. The van der Waals surface area contributed by atoms with E-state index in [0.29, 0.717) is 36.6 Å². The fourth-order valence-corrected chi connectivity index (χ4v) is 3.58. The number of piperidine rings is 1. The van der Waals surface area contributed by atoms with Gasteiger partial charge in [-0.25, -0.2) is 9.78 Å². The van der Waals surface area contributed by atoms with Gasteiger partial charge >= 0.3 is 6.09 Å². The second kappa shape index (κ2) is 7.40. The first kappa shape index (κ1) is 17.5. The van der Waals surface area contributed by atoms with Crippen molar-refractivity contribution in [3.05, 3.63) is 47.5 Å². The molecule has 1 aliphatic heterocycles. The maximum absolute atomic E-state index is 11.3. The summed E-state index contributed by atoms with van der Waals surface area (Å²) in [6.07, 6.45) is 2.46. The van der Waals surface area contributed by atoms with Gasteiger partial charge in [-0.2, -0.15) is 9.97 Å². The lowest BCUT2D eigenvalue weighted by Gasteiger charge is -2.31. The highest BCUT2D eigenvalue weighted by molar-refractivity contribution is 6.28. The number of nitrogens with zero attached hydrogens (tertiary/aromatic N) is 5. The third kappa shape index (κ3) is 3.66. The largest absolute Gasteiger partial charge is 0.465 e. The van der Waals surface area contributed by atoms with Gasteiger partial charge in [0.2, 0.25) is 5.28 Å². The predicted octanol–water partition coefficient (Wildman–Crippen LogP) is 3.41. The number of halogens is 1. The van der Waals surface area contributed by atoms with Gasteiger partial charge in [-0.05, 0) is 30.0 Å². The molecule has 3 aromatic rings. The van der Waals surface area contributed by atoms with E-state index >= 15 is 0 Å². The predicted molar refractivity (Wildman–Crippen MR) is 102 cm³/mol. The second-order valence-corrected chi connectivity index (χ2v) is 6.87. The molecule has 1 unspecified atom stereocenters. The van der Waals surface area contributed by atoms with E-state index in [1.54, 1.807) is 6.33 Å². The number of carbonyl (C=O) groups is 1. The average molecular weight is 387 g/mol. The Balaban J connectivity index is 1.62. The molecule has 27 heavy (non-hydrogen) atoms. The summed E-state index contributed by atoms with van der Waals surface area (Å²) in [6, 6.07) is 9.95. The van der Waals surface area contributed by atoms with Crippen LogP contribution in [0, 0.1) is 0 Å². The van der Waals surface area contributed by atoms with Crippen LogP contribution in [0.1, 0.15) is 24.4 Å². The van der Waals surface area contributed by atoms with Crippen molar-refractivity contribution in [2.75, 3.05) is 18.4 Å². The molecule has 1 atom stereocenters. The van der Waals surface area contributed by atoms with Crippen LogP contribution >= 0.6 is 11.6 Å². The Kier molecular flexibility index (Phi) is 4.81. The quantitative estimate of drug-likeness (QED) is 0.667. The van der Waals surface area contributed by atoms with Crippen molar-refractivity contribution < 1.29 is 9.90 Å². The molecular formula is C18H19ClN6O2. The Labute approximate surface area is 160 Å². The van der Waals surface area contributed by atoms with E-state index < -0.39 is 6.09 Å². The van der Waals surface area contributed by atoms with Gasteiger partial charge in [0.15, 0.2) is 17.0 Å². The zero-order chi connectivity index (χ0) is 18.8. The Morgan fingerprint density at radius 3 is 2.89 bits per heavy atom. The van der Waals surface area contributed by atoms with Crippen LogP contribution < -0.4 is 5.32 Å². The fourth-order valence-electron chi connectivity index (χ4n) is 3.42. The van der Waals surface area contributed by atoms with Crippen LogP contribution in [0.15, 0.2) is 36.7 Å². The van der Waals surface area contributed by atoms with Crippen LogP contribution in [0.4, 0.5) is 10.6 Å². The normalized spacial score (nSPS) is 17.2. The van der Waals surface area contributed by atoms with Gasteiger partial charge in [0, 0.05) is 19.6 Å². The topological polar surface area (TPSA) is 96.2 Å². The molecule has 3 heterocycles. The van der Waals surface area contributed by atoms with E-state index in [4.69, 9.17) is 11.6 Å². The van der Waals surface area contributed by atoms with Gasteiger partial charge in [-0.3, -0.25) is 0 Å². The van der Waals surface area contributed by atoms with Crippen molar-refractivity contribution in [2.24, 2.45) is 0 Å². The number of carboxylic acid groups (broad SMARTS) is 1. The number of hydrogen-bond acceptors (Lipinski definition) is 5. The molecule has 1 aromatic carbocycles. The van der Waals surface area contributed by atoms with Crippen LogP contribution in [0.2, 0.25) is 5.28 Å². The van der Waals surface area contributed by atoms with Gasteiger partial charge in [0.1, 0.15) is 0 Å². The van der Waals surface area contributed by atoms with Gasteiger partial charge in [0.05, 0.1) is 12.4 Å². The fraction of sp³-hybridized carbons (Fsp3) is 0.333. The average Bonchev–Trinajstić information content (AvgIpc) is 3.11. The zero-order valence-electron chi connectivity index (χ0n) is 14.5. The first-order valence-electron chi connectivity index (χ1n) is 8.77. The third-order valence-electron chi connectivity index (χ3n) is 4.76. The number of amides is 1. The van der Waals surface area contributed by atoms with Crippen LogP contribution in [0.25, 0.3) is 11.2 Å². The van der Waals surface area contributed by atoms with Crippen molar-refractivity contribution >= 4 is 34.7 Å². The van der Waals surface area contributed by atoms with Gasteiger partial charge in [-0.1, -0.05) is 30.3 Å². The minimum Gasteiger partial charge on any atom is -0.465 e. The van der Waals surface area contributed by atoms with Crippen LogP contribution in [0.3, 0.4) is 0 Å². The van der Waals surface area contributed by atoms with Crippen LogP contribution in [-0.2, 0) is 6.54 Å². The third-order valence-corrected chi connectivity index (χ3v) is 4.93. The van der Waals surface area contributed by atoms with Gasteiger partial charge < -0.3 is 19.9 Å². The number of hydrogen-bond donors (Lipinski definition) is 2. The van der Waals surface area contributed by atoms with Crippen molar-refractivity contribution in [3.8, 4) is 0 Å². The minimum absolute atomic E-state index is 0.0206. The second-order valence-electron chi connectivity index (χ2n) is 6.53. The van der Waals surface area contributed by atoms with E-state index in [1.165, 1.54) is 4.90 Å². The van der Waals surface area contributed by atoms with E-state index in [-0.39, 0.29) is 11.3 Å². The molecule has 2 aromatic heterocycles. The molecule has 1 fully saturated rings. The number of aromatic nitrogens is 4. The summed E-state index contributed by atoms with van der Waals surface area (Å²) in [6.45, 7) is 1.56. The summed E-state index contributed by atoms with van der Waals surface area (Å²) in [5, 5.41) is 12.7. The molecule has 1 saturated heterocycles. The molecule has 9 heteroatoms. The molecule has 2 N–H and O–H groups in total. The molecule has 4 rings (SSSR count). The summed E-state index contributed by atoms with van der Waals surface area (Å²) in [4.78, 5) is 25.8. The first-order chi connectivity index (χ1) is 13.1. The summed E-state index contributed by atoms with van der Waals surface area (Å²) in [5.74, 6) is 0.568. The van der Waals surface area contributed by atoms with E-state index in [0.717, 1.165) is 18.4 Å². The zero-order valence-corrected chi connectivity index (χ0v) is 15.3. The Morgan fingerprint density at radius 2 is 2.11 bits per heavy atom. The highest BCUT2D eigenvalue weighted by atomic mass is 35.5. The molecule has 1 amide bonds. The Morgan fingerprint density at radius 1 is 1.30 bits per heavy atom. The molecular weight excluding hydrogens is 368 g/mol. The number of likely N-dealkylation sites (tertiary alicyclic amines) is 1. The SMILES string of the molecule is O=C(O)N1CCCC(n2cnc3c(NCc4ccccc4)nc(Cl)nc32)C1. The molecule has 0 spiro atoms. The number of benzene rings is 1. The van der Waals surface area contributed by atoms with Gasteiger partial charge in [0.25, 0.3) is 0 Å². The summed E-state index contributed by atoms with van der Waals surface area (Å²) in [5.41, 5.74) is 2.36. The van der Waals surface area contributed by atoms with Crippen molar-refractivity contribution in [1.82, 2.24) is 24.4 Å². The lowest BCUT2D eigenvalue weighted by molar-refractivity contribution is 0.122. The molecule has 0 bridgehead atoms. The number of anilines is 1. The monoisotopic (exact) mass is 386 g/mol. The van der Waals surface area contributed by atoms with Gasteiger partial charge in [-0.15, -0.1) is 0 Å². The number of rotatable bonds is 4. The lowest BCUT2D eigenvalue weighted by atomic mass is 10.1. The van der Waals surface area contributed by atoms with Crippen LogP contribution in [0.5, 0.6) is 0 Å². The highest BCUT2D eigenvalue weighted by Gasteiger charge is 2.26. The smallest absolute Gasteiger partial charge is 0.407 e. The van der Waals surface area contributed by atoms with Crippen molar-refractivity contribution in [3.63, 3.8) is 0 Å². The molecule has 140 valence electrons. The summed E-state index contributed by atoms with van der Waals surface area (Å²) >= 11 is 6.14. The Hall–Kier alpha value is -2.87. The molecule has 0 radical (unpaired) electrons. The minimum atomic E-state index is -0.901. The standard InChI is InChI=1S/C18H19ClN6O2/c19-17-22-15(20-9-12-5-2-1-3-6-12)14-16(23-17)25(11-21-14)13-7-4-8-24(10-13)18(26)27/h1-3,5-6,11,13H,4,7-10H2,(H,26,27)(H,20,22,23). The lowest BCUT2D eigenvalue weighted by Crippen LogP contribution is -2.39. The van der Waals surface area contributed by atoms with Crippen molar-refractivity contribution in [2.45, 2.75) is 25.4 Å². The van der Waals surface area contributed by atoms with Crippen LogP contribution in [-0.4, -0.2) is 48.7 Å². The molecule has 8 nitrogen and oxygen atoms in total. The summed E-state index contributed by atoms with van der Waals surface area (Å²) in [7, 11) is 0. The van der Waals surface area contributed by atoms with E-state index in [1.807, 2.05) is 34.9 Å². The van der Waals surface area contributed by atoms with E-state index in [2.05, 4.69) is 20.3 Å². The molecule has 1 aliphatic rings. The maximum Gasteiger partial charge on any atom is 0.407 e. The molecule has 0 saturated carbocycles. The highest BCUT2D eigenvalue weighted by Crippen LogP contribution is 2.28. The maximum atomic E-state index is 11.3. The number of imidazole rings is 1. The van der Waals surface area contributed by atoms with E-state index in [9.17, 15) is 9.90 Å². The number of nitrogens with one attached hydrogen (secondary N) is 1. The first-order valence-corrected chi connectivity index (χ1v) is 9.15. The van der Waals surface area contributed by atoms with Crippen molar-refractivity contribution in [1.29, 1.82) is 0 Å². The Bertz CT molecular complexity index is 961. The summed E-state index contributed by atoms with van der Waals surface area (Å²) < 4.78 is 1.91. The molecule has 0 aliphatic carbocycles.